The number of amides is 2. The molecule has 1 unspecified atom stereocenters. The Balaban J connectivity index is 2.35. The van der Waals surface area contributed by atoms with Gasteiger partial charge in [-0.15, -0.1) is 0 Å². The van der Waals surface area contributed by atoms with E-state index in [0.29, 0.717) is 13.0 Å². The summed E-state index contributed by atoms with van der Waals surface area (Å²) < 4.78 is 0. The maximum Gasteiger partial charge on any atom is 0.337 e. The molecule has 1 aliphatic heterocycles. The Morgan fingerprint density at radius 1 is 1.53 bits per heavy atom. The minimum atomic E-state index is -2.00. The number of nitrogens with one attached hydrogen (secondary N) is 1. The van der Waals surface area contributed by atoms with E-state index in [1.54, 1.807) is 0 Å². The molecule has 1 rings (SSSR count). The summed E-state index contributed by atoms with van der Waals surface area (Å²) in [7, 11) is 0. The fraction of sp³-hybridized carbons (Fsp3) is 0.700. The van der Waals surface area contributed by atoms with Gasteiger partial charge < -0.3 is 20.4 Å². The van der Waals surface area contributed by atoms with Crippen LogP contribution in [0.5, 0.6) is 0 Å². The lowest BCUT2D eigenvalue weighted by atomic mass is 10.1. The van der Waals surface area contributed by atoms with Crippen LogP contribution in [0.2, 0.25) is 0 Å². The lowest BCUT2D eigenvalue weighted by Gasteiger charge is -2.20. The zero-order valence-corrected chi connectivity index (χ0v) is 9.60. The van der Waals surface area contributed by atoms with E-state index in [4.69, 9.17) is 5.11 Å². The second-order valence-electron chi connectivity index (χ2n) is 4.27. The van der Waals surface area contributed by atoms with Crippen LogP contribution in [0.15, 0.2) is 0 Å². The summed E-state index contributed by atoms with van der Waals surface area (Å²) in [6.07, 6.45) is 1.18. The second kappa shape index (κ2) is 5.13. The Hall–Kier alpha value is -1.63. The highest BCUT2D eigenvalue weighted by atomic mass is 16.4. The van der Waals surface area contributed by atoms with Crippen molar-refractivity contribution in [2.75, 3.05) is 19.6 Å². The lowest BCUT2D eigenvalue weighted by molar-refractivity contribution is -0.156. The van der Waals surface area contributed by atoms with Gasteiger partial charge in [0.25, 0.3) is 0 Å². The number of hydrogen-bond acceptors (Lipinski definition) is 4. The first-order chi connectivity index (χ1) is 7.83. The first-order valence-corrected chi connectivity index (χ1v) is 5.33. The van der Waals surface area contributed by atoms with E-state index in [1.807, 2.05) is 0 Å². The van der Waals surface area contributed by atoms with Crippen LogP contribution in [0.1, 0.15) is 19.8 Å². The molecular weight excluding hydrogens is 228 g/mol. The Morgan fingerprint density at radius 3 is 2.65 bits per heavy atom. The monoisotopic (exact) mass is 244 g/mol. The molecule has 1 fully saturated rings. The van der Waals surface area contributed by atoms with Gasteiger partial charge in [-0.3, -0.25) is 9.59 Å². The molecule has 2 amide bonds. The van der Waals surface area contributed by atoms with Crippen LogP contribution >= 0.6 is 0 Å². The van der Waals surface area contributed by atoms with E-state index in [-0.39, 0.29) is 19.0 Å². The van der Waals surface area contributed by atoms with Crippen molar-refractivity contribution >= 4 is 17.8 Å². The third kappa shape index (κ3) is 3.70. The van der Waals surface area contributed by atoms with Gasteiger partial charge in [0.2, 0.25) is 11.8 Å². The molecule has 1 aliphatic rings. The van der Waals surface area contributed by atoms with E-state index in [0.717, 1.165) is 13.3 Å². The lowest BCUT2D eigenvalue weighted by Crippen LogP contribution is -2.48. The Labute approximate surface area is 98.4 Å². The topological polar surface area (TPSA) is 107 Å². The van der Waals surface area contributed by atoms with Crippen molar-refractivity contribution in [2.24, 2.45) is 0 Å². The van der Waals surface area contributed by atoms with Crippen molar-refractivity contribution in [3.63, 3.8) is 0 Å². The zero-order valence-electron chi connectivity index (χ0n) is 9.60. The number of hydrogen-bond donors (Lipinski definition) is 3. The van der Waals surface area contributed by atoms with Crippen LogP contribution in [0.4, 0.5) is 0 Å². The molecule has 17 heavy (non-hydrogen) atoms. The number of aliphatic hydroxyl groups is 1. The third-order valence-corrected chi connectivity index (χ3v) is 2.60. The van der Waals surface area contributed by atoms with Crippen LogP contribution in [0, 0.1) is 0 Å². The standard InChI is InChI=1S/C10H16N2O5/c1-10(17,9(15)16)6-11-7(13)5-12-4-2-3-8(12)14/h17H,2-6H2,1H3,(H,11,13)(H,15,16). The van der Waals surface area contributed by atoms with Crippen LogP contribution in [-0.2, 0) is 14.4 Å². The van der Waals surface area contributed by atoms with Crippen molar-refractivity contribution < 1.29 is 24.6 Å². The molecular formula is C10H16N2O5. The Morgan fingerprint density at radius 2 is 2.18 bits per heavy atom. The van der Waals surface area contributed by atoms with Gasteiger partial charge in [-0.25, -0.2) is 4.79 Å². The Kier molecular flexibility index (Phi) is 4.06. The first kappa shape index (κ1) is 13.4. The molecule has 0 saturated carbocycles. The predicted molar refractivity (Wildman–Crippen MR) is 57.1 cm³/mol. The smallest absolute Gasteiger partial charge is 0.337 e. The van der Waals surface area contributed by atoms with Crippen LogP contribution in [0.25, 0.3) is 0 Å². The van der Waals surface area contributed by atoms with Crippen molar-refractivity contribution in [3.05, 3.63) is 0 Å². The van der Waals surface area contributed by atoms with Gasteiger partial charge in [0.1, 0.15) is 0 Å². The number of likely N-dealkylation sites (tertiary alicyclic amines) is 1. The molecule has 1 heterocycles. The summed E-state index contributed by atoms with van der Waals surface area (Å²) in [5, 5.41) is 20.3. The largest absolute Gasteiger partial charge is 0.479 e. The highest BCUT2D eigenvalue weighted by Gasteiger charge is 2.31. The van der Waals surface area contributed by atoms with E-state index < -0.39 is 17.5 Å². The summed E-state index contributed by atoms with van der Waals surface area (Å²) in [4.78, 5) is 34.6. The normalized spacial score (nSPS) is 18.9. The van der Waals surface area contributed by atoms with Gasteiger partial charge in [-0.05, 0) is 13.3 Å². The van der Waals surface area contributed by atoms with Gasteiger partial charge in [0.15, 0.2) is 5.60 Å². The number of carbonyl (C=O) groups excluding carboxylic acids is 2. The summed E-state index contributed by atoms with van der Waals surface area (Å²) in [5.74, 6) is -1.96. The molecule has 0 spiro atoms. The molecule has 7 heteroatoms. The van der Waals surface area contributed by atoms with Gasteiger partial charge in [-0.1, -0.05) is 0 Å². The number of carboxylic acids is 1. The third-order valence-electron chi connectivity index (χ3n) is 2.60. The summed E-state index contributed by atoms with van der Waals surface area (Å²) in [5.41, 5.74) is -2.00. The zero-order chi connectivity index (χ0) is 13.1. The molecule has 0 aromatic heterocycles. The average Bonchev–Trinajstić information content (AvgIpc) is 2.61. The summed E-state index contributed by atoms with van der Waals surface area (Å²) in [6, 6.07) is 0. The molecule has 3 N–H and O–H groups in total. The summed E-state index contributed by atoms with van der Waals surface area (Å²) >= 11 is 0. The maximum absolute atomic E-state index is 11.4. The summed E-state index contributed by atoms with van der Waals surface area (Å²) in [6.45, 7) is 1.16. The van der Waals surface area contributed by atoms with Crippen molar-refractivity contribution in [2.45, 2.75) is 25.4 Å². The van der Waals surface area contributed by atoms with Gasteiger partial charge in [0.05, 0.1) is 13.1 Å². The SMILES string of the molecule is CC(O)(CNC(=O)CN1CCCC1=O)C(=O)O. The molecule has 0 aromatic carbocycles. The van der Waals surface area contributed by atoms with E-state index in [2.05, 4.69) is 5.32 Å². The Bertz CT molecular complexity index is 340. The van der Waals surface area contributed by atoms with E-state index in [9.17, 15) is 19.5 Å². The fourth-order valence-corrected chi connectivity index (χ4v) is 1.45. The van der Waals surface area contributed by atoms with E-state index in [1.165, 1.54) is 4.90 Å². The first-order valence-electron chi connectivity index (χ1n) is 5.33. The minimum absolute atomic E-state index is 0.0786. The van der Waals surface area contributed by atoms with Gasteiger partial charge in [0, 0.05) is 13.0 Å². The van der Waals surface area contributed by atoms with Crippen molar-refractivity contribution in [3.8, 4) is 0 Å². The maximum atomic E-state index is 11.4. The van der Waals surface area contributed by atoms with Crippen molar-refractivity contribution in [1.82, 2.24) is 10.2 Å². The molecule has 0 radical (unpaired) electrons. The number of aliphatic carboxylic acids is 1. The van der Waals surface area contributed by atoms with Gasteiger partial charge >= 0.3 is 5.97 Å². The van der Waals surface area contributed by atoms with Gasteiger partial charge in [-0.2, -0.15) is 0 Å². The quantitative estimate of drug-likeness (QED) is 0.549. The fourth-order valence-electron chi connectivity index (χ4n) is 1.45. The number of rotatable bonds is 5. The minimum Gasteiger partial charge on any atom is -0.479 e. The predicted octanol–water partition coefficient (Wildman–Crippen LogP) is -1.44. The number of carboxylic acid groups (broad SMARTS) is 1. The molecule has 0 aromatic rings. The molecule has 0 bridgehead atoms. The van der Waals surface area contributed by atoms with E-state index >= 15 is 0 Å². The molecule has 1 saturated heterocycles. The molecule has 96 valence electrons. The number of carbonyl (C=O) groups is 3. The highest BCUT2D eigenvalue weighted by molar-refractivity contribution is 5.86. The average molecular weight is 244 g/mol. The second-order valence-corrected chi connectivity index (χ2v) is 4.27. The van der Waals surface area contributed by atoms with Crippen LogP contribution in [-0.4, -0.2) is 58.1 Å². The molecule has 0 aliphatic carbocycles. The van der Waals surface area contributed by atoms with Crippen molar-refractivity contribution in [1.29, 1.82) is 0 Å². The molecule has 1 atom stereocenters. The molecule has 7 nitrogen and oxygen atoms in total. The highest BCUT2D eigenvalue weighted by Crippen LogP contribution is 2.08. The number of nitrogens with zero attached hydrogens (tertiary/aromatic N) is 1. The van der Waals surface area contributed by atoms with Crippen LogP contribution < -0.4 is 5.32 Å². The van der Waals surface area contributed by atoms with Crippen LogP contribution in [0.3, 0.4) is 0 Å².